The van der Waals surface area contributed by atoms with Crippen molar-refractivity contribution in [3.05, 3.63) is 0 Å². The van der Waals surface area contributed by atoms with Crippen LogP contribution in [0.4, 0.5) is 0 Å². The van der Waals surface area contributed by atoms with E-state index in [1.807, 2.05) is 0 Å². The van der Waals surface area contributed by atoms with Gasteiger partial charge in [0.1, 0.15) is 0 Å². The molecule has 7 nitrogen and oxygen atoms in total. The van der Waals surface area contributed by atoms with Gasteiger partial charge in [-0.3, -0.25) is 0 Å². The molecule has 0 saturated carbocycles. The third kappa shape index (κ3) is 24.5. The third-order valence-corrected chi connectivity index (χ3v) is 2.08. The highest BCUT2D eigenvalue weighted by Crippen LogP contribution is 1.75. The molecule has 0 aromatic rings. The minimum Gasteiger partial charge on any atom is -0.748 e. The molecule has 0 spiro atoms. The fraction of sp³-hybridized carbons (Fsp3) is 1.00. The van der Waals surface area contributed by atoms with Crippen molar-refractivity contribution in [3.8, 4) is 0 Å². The van der Waals surface area contributed by atoms with E-state index in [0.717, 1.165) is 0 Å². The maximum Gasteiger partial charge on any atom is 0.0968 e. The first kappa shape index (κ1) is 15.3. The lowest BCUT2D eigenvalue weighted by atomic mass is 10.9. The van der Waals surface area contributed by atoms with Gasteiger partial charge in [-0.1, -0.05) is 6.92 Å². The number of hydrogen-bond acceptors (Lipinski definition) is 7. The summed E-state index contributed by atoms with van der Waals surface area (Å²) in [5, 5.41) is 7.82. The molecule has 0 unspecified atom stereocenters. The molecule has 0 fully saturated rings. The molecule has 0 radical (unpaired) electrons. The fourth-order valence-electron chi connectivity index (χ4n) is 0.112. The molecule has 0 atom stereocenters. The lowest BCUT2D eigenvalue weighted by Gasteiger charge is -2.00. The molecule has 0 aliphatic heterocycles. The van der Waals surface area contributed by atoms with E-state index >= 15 is 0 Å². The monoisotopic (exact) mass is 234 g/mol. The van der Waals surface area contributed by atoms with Gasteiger partial charge in [0.15, 0.2) is 0 Å². The molecule has 0 aromatic carbocycles. The molecular weight excluding hydrogens is 224 g/mol. The van der Waals surface area contributed by atoms with Crippen molar-refractivity contribution in [3.63, 3.8) is 0 Å². The Balaban J connectivity index is 0. The van der Waals surface area contributed by atoms with E-state index in [-0.39, 0.29) is 5.75 Å². The van der Waals surface area contributed by atoms with E-state index in [4.69, 9.17) is 5.11 Å². The van der Waals surface area contributed by atoms with Crippen molar-refractivity contribution >= 4 is 20.2 Å². The molecule has 0 aliphatic rings. The highest BCUT2D eigenvalue weighted by atomic mass is 32.2. The SMILES string of the molecule is CCS(=O)(=O)[O-].O=S(=O)([O-])CCO. The molecule has 0 bridgehead atoms. The Morgan fingerprint density at radius 3 is 1.38 bits per heavy atom. The summed E-state index contributed by atoms with van der Waals surface area (Å²) in [6, 6.07) is 0. The van der Waals surface area contributed by atoms with Crippen molar-refractivity contribution in [2.75, 3.05) is 18.1 Å². The smallest absolute Gasteiger partial charge is 0.0968 e. The predicted molar refractivity (Wildman–Crippen MR) is 41.9 cm³/mol. The van der Waals surface area contributed by atoms with Gasteiger partial charge in [-0.2, -0.15) is 0 Å². The minimum absolute atomic E-state index is 0.312. The zero-order chi connectivity index (χ0) is 11.1. The molecule has 0 saturated heterocycles. The second-order valence-electron chi connectivity index (χ2n) is 1.83. The summed E-state index contributed by atoms with van der Waals surface area (Å²) >= 11 is 0. The largest absolute Gasteiger partial charge is 0.748 e. The van der Waals surface area contributed by atoms with Gasteiger partial charge < -0.3 is 14.2 Å². The van der Waals surface area contributed by atoms with E-state index in [0.29, 0.717) is 0 Å². The summed E-state index contributed by atoms with van der Waals surface area (Å²) in [7, 11) is -8.09. The molecule has 0 rings (SSSR count). The van der Waals surface area contributed by atoms with Crippen LogP contribution in [0.15, 0.2) is 0 Å². The Morgan fingerprint density at radius 1 is 1.08 bits per heavy atom. The van der Waals surface area contributed by atoms with Gasteiger partial charge in [0.25, 0.3) is 0 Å². The lowest BCUT2D eigenvalue weighted by molar-refractivity contribution is 0.314. The van der Waals surface area contributed by atoms with Crippen LogP contribution in [-0.2, 0) is 20.2 Å². The Hall–Kier alpha value is -0.220. The standard InChI is InChI=1S/C2H6O4S.C2H6O3S/c3-1-2-7(4,5)6;1-2-6(3,4)5/h3H,1-2H2,(H,4,5,6);2H2,1H3,(H,3,4,5)/p-2. The molecule has 0 aliphatic carbocycles. The Bertz CT molecular complexity index is 299. The molecule has 13 heavy (non-hydrogen) atoms. The van der Waals surface area contributed by atoms with Crippen LogP contribution < -0.4 is 0 Å². The van der Waals surface area contributed by atoms with Crippen molar-refractivity contribution < 1.29 is 31.0 Å². The van der Waals surface area contributed by atoms with Crippen LogP contribution in [0.25, 0.3) is 0 Å². The third-order valence-electron chi connectivity index (χ3n) is 0.695. The second kappa shape index (κ2) is 6.27. The first-order valence-corrected chi connectivity index (χ1v) is 6.26. The number of aliphatic hydroxyl groups excluding tert-OH is 1. The van der Waals surface area contributed by atoms with Gasteiger partial charge in [0.05, 0.1) is 32.6 Å². The molecular formula is C4H10O7S2-2. The van der Waals surface area contributed by atoms with Crippen molar-refractivity contribution in [2.24, 2.45) is 0 Å². The molecule has 0 amide bonds. The second-order valence-corrected chi connectivity index (χ2v) is 5.05. The highest BCUT2D eigenvalue weighted by Gasteiger charge is 1.88. The number of aliphatic hydroxyl groups is 1. The van der Waals surface area contributed by atoms with E-state index < -0.39 is 32.6 Å². The molecule has 82 valence electrons. The zero-order valence-electron chi connectivity index (χ0n) is 6.83. The van der Waals surface area contributed by atoms with E-state index in [1.165, 1.54) is 6.92 Å². The summed E-state index contributed by atoms with van der Waals surface area (Å²) in [6.45, 7) is 0.716. The van der Waals surface area contributed by atoms with Crippen LogP contribution in [0.3, 0.4) is 0 Å². The summed E-state index contributed by atoms with van der Waals surface area (Å²) in [5.41, 5.74) is 0. The first-order valence-electron chi connectivity index (χ1n) is 3.10. The quantitative estimate of drug-likeness (QED) is 0.562. The van der Waals surface area contributed by atoms with Gasteiger partial charge in [-0.15, -0.1) is 0 Å². The van der Waals surface area contributed by atoms with Gasteiger partial charge in [-0.05, 0) is 0 Å². The van der Waals surface area contributed by atoms with Gasteiger partial charge in [-0.25, -0.2) is 16.8 Å². The van der Waals surface area contributed by atoms with Crippen LogP contribution in [0.5, 0.6) is 0 Å². The highest BCUT2D eigenvalue weighted by molar-refractivity contribution is 7.85. The topological polar surface area (TPSA) is 135 Å². The molecule has 0 aromatic heterocycles. The summed E-state index contributed by atoms with van der Waals surface area (Å²) in [5.74, 6) is -1.00. The van der Waals surface area contributed by atoms with Gasteiger partial charge in [0.2, 0.25) is 0 Å². The van der Waals surface area contributed by atoms with Crippen LogP contribution in [0.2, 0.25) is 0 Å². The molecule has 1 N–H and O–H groups in total. The van der Waals surface area contributed by atoms with Crippen molar-refractivity contribution in [2.45, 2.75) is 6.92 Å². The van der Waals surface area contributed by atoms with Crippen molar-refractivity contribution in [1.82, 2.24) is 0 Å². The van der Waals surface area contributed by atoms with Crippen LogP contribution in [-0.4, -0.2) is 49.2 Å². The molecule has 0 heterocycles. The maximum atomic E-state index is 9.52. The van der Waals surface area contributed by atoms with Crippen LogP contribution in [0.1, 0.15) is 6.92 Å². The van der Waals surface area contributed by atoms with Gasteiger partial charge >= 0.3 is 0 Å². The van der Waals surface area contributed by atoms with Crippen LogP contribution >= 0.6 is 0 Å². The minimum atomic E-state index is -4.17. The average Bonchev–Trinajstić information content (AvgIpc) is 1.84. The van der Waals surface area contributed by atoms with Crippen LogP contribution in [0, 0.1) is 0 Å². The first-order chi connectivity index (χ1) is 5.62. The Labute approximate surface area is 76.9 Å². The summed E-state index contributed by atoms with van der Waals surface area (Å²) < 4.78 is 56.9. The Kier molecular flexibility index (Phi) is 7.36. The van der Waals surface area contributed by atoms with Crippen molar-refractivity contribution in [1.29, 1.82) is 0 Å². The lowest BCUT2D eigenvalue weighted by Crippen LogP contribution is -2.07. The number of rotatable bonds is 3. The zero-order valence-corrected chi connectivity index (χ0v) is 8.47. The van der Waals surface area contributed by atoms with E-state index in [2.05, 4.69) is 0 Å². The fourth-order valence-corrected chi connectivity index (χ4v) is 0.335. The normalized spacial score (nSPS) is 11.7. The summed E-state index contributed by atoms with van der Waals surface area (Å²) in [6.07, 6.45) is 0. The molecule has 9 heteroatoms. The Morgan fingerprint density at radius 2 is 1.38 bits per heavy atom. The van der Waals surface area contributed by atoms with E-state index in [1.54, 1.807) is 0 Å². The maximum absolute atomic E-state index is 9.52. The van der Waals surface area contributed by atoms with Gasteiger partial charge in [0, 0.05) is 5.75 Å². The average molecular weight is 234 g/mol. The van der Waals surface area contributed by atoms with E-state index in [9.17, 15) is 25.9 Å². The summed E-state index contributed by atoms with van der Waals surface area (Å²) in [4.78, 5) is 0. The predicted octanol–water partition coefficient (Wildman–Crippen LogP) is -1.92. The number of hydrogen-bond donors (Lipinski definition) is 1.